The Morgan fingerprint density at radius 2 is 1.90 bits per heavy atom. The molecule has 7 nitrogen and oxygen atoms in total. The van der Waals surface area contributed by atoms with Crippen LogP contribution in [0.5, 0.6) is 0 Å². The molecule has 2 heterocycles. The second-order valence-electron chi connectivity index (χ2n) is 8.20. The lowest BCUT2D eigenvalue weighted by Crippen LogP contribution is -2.52. The van der Waals surface area contributed by atoms with Crippen LogP contribution in [-0.2, 0) is 19.6 Å². The summed E-state index contributed by atoms with van der Waals surface area (Å²) in [6.45, 7) is 13.8. The molecule has 1 aliphatic heterocycles. The number of nitrogens with zero attached hydrogens (tertiary/aromatic N) is 5. The minimum absolute atomic E-state index is 0.521. The number of piperazine rings is 1. The van der Waals surface area contributed by atoms with Gasteiger partial charge < -0.3 is 14.7 Å². The molecule has 0 bridgehead atoms. The van der Waals surface area contributed by atoms with Gasteiger partial charge in [0.1, 0.15) is 6.26 Å². The maximum absolute atomic E-state index is 4.99. The van der Waals surface area contributed by atoms with E-state index >= 15 is 0 Å². The van der Waals surface area contributed by atoms with Gasteiger partial charge >= 0.3 is 0 Å². The first-order valence-corrected chi connectivity index (χ1v) is 11.0. The fourth-order valence-electron chi connectivity index (χ4n) is 3.57. The SMILES string of the molecule is CCNC(=NCc1ccccc1CN(C)C(C)C)N1CCN(Cc2ccon2)CC1. The van der Waals surface area contributed by atoms with Gasteiger partial charge in [0.05, 0.1) is 12.2 Å². The van der Waals surface area contributed by atoms with Crippen molar-refractivity contribution in [2.75, 3.05) is 39.8 Å². The zero-order chi connectivity index (χ0) is 21.3. The van der Waals surface area contributed by atoms with Crippen molar-refractivity contribution in [3.8, 4) is 0 Å². The Morgan fingerprint density at radius 3 is 2.53 bits per heavy atom. The third kappa shape index (κ3) is 6.31. The van der Waals surface area contributed by atoms with Gasteiger partial charge in [0, 0.05) is 57.9 Å². The molecule has 1 aliphatic rings. The third-order valence-corrected chi connectivity index (χ3v) is 5.70. The molecule has 0 atom stereocenters. The van der Waals surface area contributed by atoms with Crippen molar-refractivity contribution in [2.24, 2.45) is 4.99 Å². The van der Waals surface area contributed by atoms with E-state index in [0.29, 0.717) is 12.6 Å². The summed E-state index contributed by atoms with van der Waals surface area (Å²) in [6.07, 6.45) is 1.64. The van der Waals surface area contributed by atoms with Crippen LogP contribution in [0.15, 0.2) is 46.1 Å². The highest BCUT2D eigenvalue weighted by molar-refractivity contribution is 5.80. The third-order valence-electron chi connectivity index (χ3n) is 5.70. The van der Waals surface area contributed by atoms with Crippen molar-refractivity contribution >= 4 is 5.96 Å². The van der Waals surface area contributed by atoms with Gasteiger partial charge in [-0.3, -0.25) is 9.80 Å². The van der Waals surface area contributed by atoms with Crippen molar-refractivity contribution in [1.29, 1.82) is 0 Å². The Morgan fingerprint density at radius 1 is 1.17 bits per heavy atom. The van der Waals surface area contributed by atoms with Gasteiger partial charge in [-0.2, -0.15) is 0 Å². The van der Waals surface area contributed by atoms with E-state index in [0.717, 1.165) is 57.5 Å². The molecule has 3 rings (SSSR count). The van der Waals surface area contributed by atoms with Gasteiger partial charge in [-0.1, -0.05) is 29.4 Å². The van der Waals surface area contributed by atoms with E-state index in [9.17, 15) is 0 Å². The second kappa shape index (κ2) is 11.1. The van der Waals surface area contributed by atoms with E-state index in [4.69, 9.17) is 9.52 Å². The van der Waals surface area contributed by atoms with Crippen molar-refractivity contribution in [2.45, 2.75) is 46.4 Å². The smallest absolute Gasteiger partial charge is 0.194 e. The highest BCUT2D eigenvalue weighted by atomic mass is 16.5. The minimum Gasteiger partial charge on any atom is -0.364 e. The first-order valence-electron chi connectivity index (χ1n) is 11.0. The number of hydrogen-bond acceptors (Lipinski definition) is 5. The number of aromatic nitrogens is 1. The van der Waals surface area contributed by atoms with Crippen LogP contribution >= 0.6 is 0 Å². The van der Waals surface area contributed by atoms with Crippen LogP contribution in [0, 0.1) is 0 Å². The molecule has 30 heavy (non-hydrogen) atoms. The average molecular weight is 413 g/mol. The zero-order valence-electron chi connectivity index (χ0n) is 18.8. The van der Waals surface area contributed by atoms with Crippen LogP contribution in [0.3, 0.4) is 0 Å². The van der Waals surface area contributed by atoms with E-state index in [2.05, 4.69) is 77.3 Å². The molecule has 7 heteroatoms. The summed E-state index contributed by atoms with van der Waals surface area (Å²) in [7, 11) is 2.17. The average Bonchev–Trinajstić information content (AvgIpc) is 3.25. The summed E-state index contributed by atoms with van der Waals surface area (Å²) in [6, 6.07) is 11.1. The highest BCUT2D eigenvalue weighted by Crippen LogP contribution is 2.14. The molecule has 0 aliphatic carbocycles. The Balaban J connectivity index is 1.61. The number of guanidine groups is 1. The minimum atomic E-state index is 0.521. The maximum atomic E-state index is 4.99. The van der Waals surface area contributed by atoms with Gasteiger partial charge in [-0.05, 0) is 38.9 Å². The van der Waals surface area contributed by atoms with Crippen LogP contribution in [0.25, 0.3) is 0 Å². The Labute approximate surface area is 180 Å². The summed E-state index contributed by atoms with van der Waals surface area (Å²) in [5.74, 6) is 1.01. The fraction of sp³-hybridized carbons (Fsp3) is 0.565. The molecule has 1 aromatic heterocycles. The first kappa shape index (κ1) is 22.3. The molecule has 0 spiro atoms. The fourth-order valence-corrected chi connectivity index (χ4v) is 3.57. The number of nitrogens with one attached hydrogen (secondary N) is 1. The summed E-state index contributed by atoms with van der Waals surface area (Å²) >= 11 is 0. The molecule has 0 radical (unpaired) electrons. The van der Waals surface area contributed by atoms with E-state index in [1.165, 1.54) is 11.1 Å². The molecular formula is C23H36N6O. The van der Waals surface area contributed by atoms with Crippen molar-refractivity contribution < 1.29 is 4.52 Å². The standard InChI is InChI=1S/C23H36N6O/c1-5-24-23(29-13-11-28(12-14-29)18-22-10-15-30-26-22)25-16-20-8-6-7-9-21(20)17-27(4)19(2)3/h6-10,15,19H,5,11-14,16-18H2,1-4H3,(H,24,25). The molecular weight excluding hydrogens is 376 g/mol. The van der Waals surface area contributed by atoms with Gasteiger partial charge in [-0.25, -0.2) is 4.99 Å². The Bertz CT molecular complexity index is 781. The summed E-state index contributed by atoms with van der Waals surface area (Å²) in [5.41, 5.74) is 3.64. The quantitative estimate of drug-likeness (QED) is 0.531. The van der Waals surface area contributed by atoms with Crippen LogP contribution in [0.1, 0.15) is 37.6 Å². The van der Waals surface area contributed by atoms with Crippen LogP contribution in [0.4, 0.5) is 0 Å². The second-order valence-corrected chi connectivity index (χ2v) is 8.20. The number of aliphatic imine (C=N–C) groups is 1. The molecule has 1 aromatic carbocycles. The molecule has 0 unspecified atom stereocenters. The van der Waals surface area contributed by atoms with Crippen LogP contribution in [-0.4, -0.2) is 71.6 Å². The van der Waals surface area contributed by atoms with Crippen LogP contribution < -0.4 is 5.32 Å². The van der Waals surface area contributed by atoms with E-state index in [-0.39, 0.29) is 0 Å². The molecule has 2 aromatic rings. The van der Waals surface area contributed by atoms with Gasteiger partial charge in [0.15, 0.2) is 5.96 Å². The summed E-state index contributed by atoms with van der Waals surface area (Å²) < 4.78 is 4.95. The van der Waals surface area contributed by atoms with Gasteiger partial charge in [-0.15, -0.1) is 0 Å². The predicted octanol–water partition coefficient (Wildman–Crippen LogP) is 2.80. The zero-order valence-corrected chi connectivity index (χ0v) is 18.8. The molecule has 0 amide bonds. The van der Waals surface area contributed by atoms with Crippen molar-refractivity contribution in [3.63, 3.8) is 0 Å². The molecule has 1 saturated heterocycles. The number of hydrogen-bond donors (Lipinski definition) is 1. The lowest BCUT2D eigenvalue weighted by Gasteiger charge is -2.36. The van der Waals surface area contributed by atoms with Crippen molar-refractivity contribution in [3.05, 3.63) is 53.4 Å². The monoisotopic (exact) mass is 412 g/mol. The summed E-state index contributed by atoms with van der Waals surface area (Å²) in [5, 5.41) is 7.51. The van der Waals surface area contributed by atoms with Crippen LogP contribution in [0.2, 0.25) is 0 Å². The Hall–Kier alpha value is -2.38. The van der Waals surface area contributed by atoms with Gasteiger partial charge in [0.2, 0.25) is 0 Å². The first-order chi connectivity index (χ1) is 14.6. The normalized spacial score (nSPS) is 15.9. The lowest BCUT2D eigenvalue weighted by molar-refractivity contribution is 0.169. The molecule has 0 saturated carbocycles. The van der Waals surface area contributed by atoms with E-state index < -0.39 is 0 Å². The van der Waals surface area contributed by atoms with E-state index in [1.54, 1.807) is 6.26 Å². The number of rotatable bonds is 8. The van der Waals surface area contributed by atoms with Crippen molar-refractivity contribution in [1.82, 2.24) is 25.2 Å². The largest absolute Gasteiger partial charge is 0.364 e. The number of benzene rings is 1. The maximum Gasteiger partial charge on any atom is 0.194 e. The molecule has 1 N–H and O–H groups in total. The Kier molecular flexibility index (Phi) is 8.28. The lowest BCUT2D eigenvalue weighted by atomic mass is 10.1. The predicted molar refractivity (Wildman–Crippen MR) is 121 cm³/mol. The molecule has 1 fully saturated rings. The highest BCUT2D eigenvalue weighted by Gasteiger charge is 2.20. The summed E-state index contributed by atoms with van der Waals surface area (Å²) in [4.78, 5) is 12.1. The van der Waals surface area contributed by atoms with Gasteiger partial charge in [0.25, 0.3) is 0 Å². The van der Waals surface area contributed by atoms with E-state index in [1.807, 2.05) is 6.07 Å². The molecule has 164 valence electrons. The topological polar surface area (TPSA) is 60.1 Å².